The highest BCUT2D eigenvalue weighted by Crippen LogP contribution is 2.27. The minimum absolute atomic E-state index is 0.0174. The lowest BCUT2D eigenvalue weighted by Gasteiger charge is -2.10. The lowest BCUT2D eigenvalue weighted by molar-refractivity contribution is 0.314. The summed E-state index contributed by atoms with van der Waals surface area (Å²) in [6, 6.07) is 10.9. The maximum Gasteiger partial charge on any atom is 0.245 e. The molecule has 4 rings (SSSR count). The summed E-state index contributed by atoms with van der Waals surface area (Å²) in [6.07, 6.45) is 1.49. The van der Waals surface area contributed by atoms with Crippen LogP contribution in [0.2, 0.25) is 0 Å². The zero-order valence-electron chi connectivity index (χ0n) is 15.0. The van der Waals surface area contributed by atoms with Gasteiger partial charge >= 0.3 is 0 Å². The summed E-state index contributed by atoms with van der Waals surface area (Å²) >= 11 is 0. The number of nitrogens with zero attached hydrogens (tertiary/aromatic N) is 5. The number of anilines is 3. The molecular formula is C18H14FN7O3. The van der Waals surface area contributed by atoms with Crippen molar-refractivity contribution >= 4 is 34.8 Å². The Morgan fingerprint density at radius 3 is 2.62 bits per heavy atom. The van der Waals surface area contributed by atoms with Gasteiger partial charge in [-0.1, -0.05) is 12.1 Å². The Bertz CT molecular complexity index is 1200. The predicted octanol–water partition coefficient (Wildman–Crippen LogP) is 3.06. The van der Waals surface area contributed by atoms with Crippen molar-refractivity contribution in [3.63, 3.8) is 0 Å². The fourth-order valence-electron chi connectivity index (χ4n) is 2.44. The number of fused-ring (bicyclic) bond motifs is 1. The summed E-state index contributed by atoms with van der Waals surface area (Å²) in [5.41, 5.74) is 3.91. The fourth-order valence-corrected chi connectivity index (χ4v) is 2.44. The van der Waals surface area contributed by atoms with E-state index in [0.29, 0.717) is 11.3 Å². The smallest absolute Gasteiger partial charge is 0.245 e. The molecule has 0 aliphatic rings. The van der Waals surface area contributed by atoms with Gasteiger partial charge in [-0.05, 0) is 46.2 Å². The standard InChI is InChI=1S/C18H14FN7O3/c1-28-14-8-10(6-7-13(14)27)9-20-24-16-15(21-12-5-3-2-4-11(12)19)22-17-18(23-16)26-29-25-17/h2-9,27H,1H3,(H,21,22,25)(H,23,24,26)/b20-9+. The third-order valence-corrected chi connectivity index (χ3v) is 3.83. The van der Waals surface area contributed by atoms with E-state index in [1.807, 2.05) is 0 Å². The summed E-state index contributed by atoms with van der Waals surface area (Å²) in [5, 5.41) is 23.9. The van der Waals surface area contributed by atoms with Crippen LogP contribution in [0.15, 0.2) is 52.2 Å². The van der Waals surface area contributed by atoms with Gasteiger partial charge in [0.1, 0.15) is 5.82 Å². The van der Waals surface area contributed by atoms with Gasteiger partial charge in [0, 0.05) is 0 Å². The minimum Gasteiger partial charge on any atom is -0.504 e. The van der Waals surface area contributed by atoms with Crippen molar-refractivity contribution < 1.29 is 18.9 Å². The Labute approximate surface area is 163 Å². The molecule has 0 spiro atoms. The van der Waals surface area contributed by atoms with Gasteiger partial charge in [-0.25, -0.2) is 14.0 Å². The molecular weight excluding hydrogens is 381 g/mol. The van der Waals surface area contributed by atoms with Crippen LogP contribution in [0.1, 0.15) is 5.56 Å². The van der Waals surface area contributed by atoms with E-state index in [9.17, 15) is 9.50 Å². The number of para-hydroxylation sites is 1. The topological polar surface area (TPSA) is 131 Å². The molecule has 2 aromatic carbocycles. The number of ether oxygens (including phenoxy) is 1. The molecule has 0 aliphatic heterocycles. The average Bonchev–Trinajstić information content (AvgIpc) is 3.18. The van der Waals surface area contributed by atoms with E-state index in [1.165, 1.54) is 25.5 Å². The molecule has 0 bridgehead atoms. The van der Waals surface area contributed by atoms with E-state index in [0.717, 1.165) is 0 Å². The van der Waals surface area contributed by atoms with Crippen LogP contribution < -0.4 is 15.5 Å². The third kappa shape index (κ3) is 3.88. The van der Waals surface area contributed by atoms with Crippen molar-refractivity contribution in [3.8, 4) is 11.5 Å². The zero-order valence-corrected chi connectivity index (χ0v) is 15.0. The number of phenolic OH excluding ortho intramolecular Hbond substituents is 1. The number of aromatic nitrogens is 4. The number of hydrazone groups is 1. The van der Waals surface area contributed by atoms with Crippen LogP contribution >= 0.6 is 0 Å². The molecule has 11 heteroatoms. The second-order valence-corrected chi connectivity index (χ2v) is 5.74. The normalized spacial score (nSPS) is 11.1. The first-order valence-corrected chi connectivity index (χ1v) is 8.32. The van der Waals surface area contributed by atoms with Crippen LogP contribution in [0.25, 0.3) is 11.3 Å². The van der Waals surface area contributed by atoms with E-state index >= 15 is 0 Å². The molecule has 0 saturated carbocycles. The first kappa shape index (κ1) is 18.1. The van der Waals surface area contributed by atoms with Crippen molar-refractivity contribution in [1.82, 2.24) is 20.3 Å². The quantitative estimate of drug-likeness (QED) is 0.333. The van der Waals surface area contributed by atoms with Crippen LogP contribution in [0, 0.1) is 5.82 Å². The van der Waals surface area contributed by atoms with Crippen LogP contribution in [0.4, 0.5) is 21.7 Å². The van der Waals surface area contributed by atoms with Gasteiger partial charge in [-0.15, -0.1) is 0 Å². The molecule has 10 nitrogen and oxygen atoms in total. The van der Waals surface area contributed by atoms with Gasteiger partial charge in [0.05, 0.1) is 19.0 Å². The van der Waals surface area contributed by atoms with E-state index in [1.54, 1.807) is 30.3 Å². The SMILES string of the molecule is COc1cc(/C=N/Nc2nc3nonc3nc2Nc2ccccc2F)ccc1O. The molecule has 2 heterocycles. The molecule has 0 fully saturated rings. The number of hydrogen-bond donors (Lipinski definition) is 3. The maximum atomic E-state index is 14.0. The Kier molecular flexibility index (Phi) is 4.84. The van der Waals surface area contributed by atoms with Crippen molar-refractivity contribution in [2.75, 3.05) is 17.9 Å². The van der Waals surface area contributed by atoms with Gasteiger partial charge in [-0.2, -0.15) is 10.1 Å². The minimum atomic E-state index is -0.460. The third-order valence-electron chi connectivity index (χ3n) is 3.83. The molecule has 0 unspecified atom stereocenters. The monoisotopic (exact) mass is 395 g/mol. The summed E-state index contributed by atoms with van der Waals surface area (Å²) in [6.45, 7) is 0. The number of methoxy groups -OCH3 is 1. The summed E-state index contributed by atoms with van der Waals surface area (Å²) in [4.78, 5) is 8.47. The molecule has 4 aromatic rings. The summed E-state index contributed by atoms with van der Waals surface area (Å²) < 4.78 is 23.7. The molecule has 0 saturated heterocycles. The molecule has 0 radical (unpaired) electrons. The van der Waals surface area contributed by atoms with Gasteiger partial charge in [0.15, 0.2) is 23.1 Å². The van der Waals surface area contributed by atoms with Gasteiger partial charge < -0.3 is 15.2 Å². The molecule has 29 heavy (non-hydrogen) atoms. The second-order valence-electron chi connectivity index (χ2n) is 5.74. The highest BCUT2D eigenvalue weighted by atomic mass is 19.1. The number of benzene rings is 2. The van der Waals surface area contributed by atoms with E-state index in [-0.39, 0.29) is 34.4 Å². The van der Waals surface area contributed by atoms with E-state index in [2.05, 4.69) is 40.8 Å². The van der Waals surface area contributed by atoms with E-state index in [4.69, 9.17) is 4.74 Å². The summed E-state index contributed by atoms with van der Waals surface area (Å²) in [7, 11) is 1.45. The maximum absolute atomic E-state index is 14.0. The molecule has 3 N–H and O–H groups in total. The number of phenols is 1. The molecule has 0 atom stereocenters. The number of aromatic hydroxyl groups is 1. The molecule has 2 aromatic heterocycles. The Morgan fingerprint density at radius 1 is 1.10 bits per heavy atom. The predicted molar refractivity (Wildman–Crippen MR) is 103 cm³/mol. The van der Waals surface area contributed by atoms with Crippen LogP contribution in [0.5, 0.6) is 11.5 Å². The Balaban J connectivity index is 1.63. The van der Waals surface area contributed by atoms with Crippen molar-refractivity contribution in [2.24, 2.45) is 5.10 Å². The Morgan fingerprint density at radius 2 is 1.86 bits per heavy atom. The molecule has 0 aliphatic carbocycles. The average molecular weight is 395 g/mol. The number of nitrogens with one attached hydrogen (secondary N) is 2. The lowest BCUT2D eigenvalue weighted by atomic mass is 10.2. The van der Waals surface area contributed by atoms with Crippen molar-refractivity contribution in [1.29, 1.82) is 0 Å². The van der Waals surface area contributed by atoms with Gasteiger partial charge in [0.2, 0.25) is 11.3 Å². The number of hydrogen-bond acceptors (Lipinski definition) is 10. The van der Waals surface area contributed by atoms with Crippen LogP contribution in [-0.2, 0) is 0 Å². The lowest BCUT2D eigenvalue weighted by Crippen LogP contribution is -2.04. The highest BCUT2D eigenvalue weighted by molar-refractivity contribution is 5.82. The molecule has 146 valence electrons. The molecule has 0 amide bonds. The van der Waals surface area contributed by atoms with Crippen molar-refractivity contribution in [3.05, 3.63) is 53.8 Å². The van der Waals surface area contributed by atoms with E-state index < -0.39 is 5.82 Å². The zero-order chi connectivity index (χ0) is 20.2. The van der Waals surface area contributed by atoms with Crippen molar-refractivity contribution in [2.45, 2.75) is 0 Å². The van der Waals surface area contributed by atoms with Gasteiger partial charge in [-0.3, -0.25) is 5.43 Å². The number of halogens is 1. The van der Waals surface area contributed by atoms with Crippen LogP contribution in [-0.4, -0.2) is 38.7 Å². The van der Waals surface area contributed by atoms with Gasteiger partial charge in [0.25, 0.3) is 0 Å². The largest absolute Gasteiger partial charge is 0.504 e. The fraction of sp³-hybridized carbons (Fsp3) is 0.0556. The highest BCUT2D eigenvalue weighted by Gasteiger charge is 2.14. The summed E-state index contributed by atoms with van der Waals surface area (Å²) in [5.74, 6) is 0.227. The first-order chi connectivity index (χ1) is 14.1. The first-order valence-electron chi connectivity index (χ1n) is 8.32. The van der Waals surface area contributed by atoms with Crippen LogP contribution in [0.3, 0.4) is 0 Å². The second kappa shape index (κ2) is 7.76. The number of rotatable bonds is 6. The Hall–Kier alpha value is -4.28.